The fourth-order valence-corrected chi connectivity index (χ4v) is 6.97. The number of alkyl halides is 3. The molecule has 0 radical (unpaired) electrons. The minimum absolute atomic E-state index is 0.00688. The highest BCUT2D eigenvalue weighted by Gasteiger charge is 2.33. The number of hydrogen-bond acceptors (Lipinski definition) is 10. The molecule has 4 heterocycles. The van der Waals surface area contributed by atoms with Gasteiger partial charge >= 0.3 is 12.1 Å². The Kier molecular flexibility index (Phi) is 10.4. The molecule has 2 fully saturated rings. The predicted octanol–water partition coefficient (Wildman–Crippen LogP) is 6.34. The number of piperidine rings is 1. The summed E-state index contributed by atoms with van der Waals surface area (Å²) in [5.74, 6) is -1.99. The molecule has 2 saturated heterocycles. The number of aromatic nitrogens is 3. The Bertz CT molecular complexity index is 1530. The van der Waals surface area contributed by atoms with E-state index in [9.17, 15) is 22.4 Å². The smallest absolute Gasteiger partial charge is 0.416 e. The summed E-state index contributed by atoms with van der Waals surface area (Å²) in [7, 11) is 0. The number of ether oxygens (including phenoxy) is 1. The van der Waals surface area contributed by atoms with Gasteiger partial charge in [-0.15, -0.1) is 0 Å². The summed E-state index contributed by atoms with van der Waals surface area (Å²) < 4.78 is 76.0. The van der Waals surface area contributed by atoms with Crippen molar-refractivity contribution >= 4 is 34.1 Å². The molecule has 2 aliphatic heterocycles. The van der Waals surface area contributed by atoms with Crippen molar-refractivity contribution in [3.63, 3.8) is 0 Å². The summed E-state index contributed by atoms with van der Waals surface area (Å²) in [4.78, 5) is 31.2. The molecular weight excluding hydrogens is 629 g/mol. The second-order valence-corrected chi connectivity index (χ2v) is 13.4. The average Bonchev–Trinajstić information content (AvgIpc) is 3.38. The highest BCUT2D eigenvalue weighted by atomic mass is 32.1. The number of carbonyl (C=O) groups is 1. The quantitative estimate of drug-likeness (QED) is 0.197. The second-order valence-electron chi connectivity index (χ2n) is 12.4. The van der Waals surface area contributed by atoms with Crippen LogP contribution in [-0.4, -0.2) is 83.1 Å². The number of anilines is 3. The average molecular weight is 668 g/mol. The van der Waals surface area contributed by atoms with Crippen LogP contribution >= 0.6 is 11.3 Å². The van der Waals surface area contributed by atoms with E-state index in [-0.39, 0.29) is 45.8 Å². The molecule has 1 aromatic carbocycles. The van der Waals surface area contributed by atoms with Gasteiger partial charge in [0.1, 0.15) is 12.1 Å². The van der Waals surface area contributed by atoms with Gasteiger partial charge in [-0.25, -0.2) is 19.3 Å². The first-order valence-electron chi connectivity index (χ1n) is 15.3. The largest absolute Gasteiger partial charge is 0.466 e. The fourth-order valence-electron chi connectivity index (χ4n) is 5.95. The lowest BCUT2D eigenvalue weighted by atomic mass is 9.84. The van der Waals surface area contributed by atoms with E-state index in [4.69, 9.17) is 4.74 Å². The predicted molar refractivity (Wildman–Crippen MR) is 166 cm³/mol. The number of benzene rings is 1. The lowest BCUT2D eigenvalue weighted by Crippen LogP contribution is -2.47. The Morgan fingerprint density at radius 1 is 1.07 bits per heavy atom. The van der Waals surface area contributed by atoms with Gasteiger partial charge in [0, 0.05) is 56.3 Å². The van der Waals surface area contributed by atoms with Crippen molar-refractivity contribution in [2.75, 3.05) is 62.6 Å². The summed E-state index contributed by atoms with van der Waals surface area (Å²) in [6.45, 7) is 11.1. The minimum atomic E-state index is -4.74. The van der Waals surface area contributed by atoms with Crippen LogP contribution < -0.4 is 10.2 Å². The molecule has 15 heteroatoms. The molecule has 2 aromatic heterocycles. The summed E-state index contributed by atoms with van der Waals surface area (Å²) in [5, 5.41) is 3.12. The van der Waals surface area contributed by atoms with Gasteiger partial charge in [-0.1, -0.05) is 25.2 Å². The monoisotopic (exact) mass is 667 g/mol. The number of esters is 1. The third-order valence-electron chi connectivity index (χ3n) is 8.15. The molecule has 9 nitrogen and oxygen atoms in total. The van der Waals surface area contributed by atoms with Gasteiger partial charge < -0.3 is 15.0 Å². The molecule has 0 spiro atoms. The molecule has 0 bridgehead atoms. The maximum atomic E-state index is 15.8. The Labute approximate surface area is 268 Å². The van der Waals surface area contributed by atoms with Crippen LogP contribution in [0.25, 0.3) is 11.3 Å². The molecular formula is C31H38F5N7O2S. The summed E-state index contributed by atoms with van der Waals surface area (Å²) >= 11 is 1.17. The molecule has 0 saturated carbocycles. The number of thiazole rings is 1. The van der Waals surface area contributed by atoms with Crippen LogP contribution in [-0.2, 0) is 22.3 Å². The highest BCUT2D eigenvalue weighted by Crippen LogP contribution is 2.39. The molecule has 5 rings (SSSR count). The Balaban J connectivity index is 1.37. The number of piperazine rings is 1. The Morgan fingerprint density at radius 2 is 1.83 bits per heavy atom. The number of rotatable bonds is 10. The van der Waals surface area contributed by atoms with Crippen LogP contribution in [0.15, 0.2) is 24.5 Å². The van der Waals surface area contributed by atoms with Crippen LogP contribution in [0, 0.1) is 17.0 Å². The van der Waals surface area contributed by atoms with Gasteiger partial charge in [-0.3, -0.25) is 14.6 Å². The van der Waals surface area contributed by atoms with E-state index in [0.29, 0.717) is 56.8 Å². The fraction of sp³-hybridized carbons (Fsp3) is 0.548. The Hall–Kier alpha value is -3.43. The van der Waals surface area contributed by atoms with E-state index < -0.39 is 23.4 Å². The van der Waals surface area contributed by atoms with E-state index in [1.165, 1.54) is 17.7 Å². The first kappa shape index (κ1) is 33.9. The second kappa shape index (κ2) is 14.1. The van der Waals surface area contributed by atoms with E-state index in [1.807, 2.05) is 0 Å². The molecule has 3 aromatic rings. The normalized spacial score (nSPS) is 17.7. The zero-order valence-corrected chi connectivity index (χ0v) is 26.9. The zero-order chi connectivity index (χ0) is 33.1. The number of likely N-dealkylation sites (tertiary alicyclic amines) is 1. The molecule has 1 N–H and O–H groups in total. The summed E-state index contributed by atoms with van der Waals surface area (Å²) in [6.07, 6.45) is -1.19. The molecule has 0 unspecified atom stereocenters. The number of hydrogen-bond donors (Lipinski definition) is 1. The van der Waals surface area contributed by atoms with Crippen LogP contribution in [0.2, 0.25) is 0 Å². The molecule has 2 aliphatic rings. The SMILES string of the molecule is CCOC(=O)CCN1CCN(c2ncnc(Nc3nc(-c4cc(F)cc(C(F)(F)F)c4)c(CN4CCCC(C)(C)C4)s3)c2F)CC1. The van der Waals surface area contributed by atoms with Gasteiger partial charge in [0.2, 0.25) is 5.82 Å². The van der Waals surface area contributed by atoms with Crippen molar-refractivity contribution in [2.45, 2.75) is 52.8 Å². The Morgan fingerprint density at radius 3 is 2.52 bits per heavy atom. The van der Waals surface area contributed by atoms with Gasteiger partial charge in [0.05, 0.1) is 24.3 Å². The molecule has 0 amide bonds. The third kappa shape index (κ3) is 8.48. The number of nitrogens with zero attached hydrogens (tertiary/aromatic N) is 6. The van der Waals surface area contributed by atoms with E-state index in [1.54, 1.807) is 11.8 Å². The summed E-state index contributed by atoms with van der Waals surface area (Å²) in [6, 6.07) is 2.38. The van der Waals surface area contributed by atoms with Gasteiger partial charge in [0.25, 0.3) is 0 Å². The molecule has 0 aliphatic carbocycles. The lowest BCUT2D eigenvalue weighted by molar-refractivity contribution is -0.143. The number of nitrogens with one attached hydrogen (secondary N) is 1. The minimum Gasteiger partial charge on any atom is -0.466 e. The van der Waals surface area contributed by atoms with Crippen molar-refractivity contribution in [3.05, 3.63) is 46.6 Å². The van der Waals surface area contributed by atoms with Crippen molar-refractivity contribution < 1.29 is 31.5 Å². The third-order valence-corrected chi connectivity index (χ3v) is 9.10. The molecule has 0 atom stereocenters. The van der Waals surface area contributed by atoms with Crippen LogP contribution in [0.1, 0.15) is 50.5 Å². The topological polar surface area (TPSA) is 86.7 Å². The standard InChI is InChI=1S/C31H38F5N7O2S/c1-4-45-24(44)6-9-41-10-12-43(13-11-41)28-25(33)27(37-19-38-28)40-29-39-26(20-14-21(31(34,35)36)16-22(32)15-20)23(46-29)17-42-8-5-7-30(2,3)18-42/h14-16,19H,4-13,17-18H2,1-3H3,(H,37,38,39,40). The van der Waals surface area contributed by atoms with Crippen LogP contribution in [0.4, 0.5) is 38.7 Å². The van der Waals surface area contributed by atoms with Crippen molar-refractivity contribution in [2.24, 2.45) is 5.41 Å². The van der Waals surface area contributed by atoms with E-state index >= 15 is 4.39 Å². The van der Waals surface area contributed by atoms with Crippen LogP contribution in [0.5, 0.6) is 0 Å². The van der Waals surface area contributed by atoms with Crippen molar-refractivity contribution in [1.29, 1.82) is 0 Å². The molecule has 46 heavy (non-hydrogen) atoms. The first-order valence-corrected chi connectivity index (χ1v) is 16.1. The van der Waals surface area contributed by atoms with Gasteiger partial charge in [0.15, 0.2) is 16.8 Å². The first-order chi connectivity index (χ1) is 21.8. The van der Waals surface area contributed by atoms with E-state index in [0.717, 1.165) is 38.1 Å². The van der Waals surface area contributed by atoms with Crippen molar-refractivity contribution in [1.82, 2.24) is 24.8 Å². The highest BCUT2D eigenvalue weighted by molar-refractivity contribution is 7.16. The maximum Gasteiger partial charge on any atom is 0.416 e. The van der Waals surface area contributed by atoms with Crippen LogP contribution in [0.3, 0.4) is 0 Å². The number of halogens is 5. The number of carbonyl (C=O) groups excluding carboxylic acids is 1. The molecule has 250 valence electrons. The lowest BCUT2D eigenvalue weighted by Gasteiger charge is -2.37. The summed E-state index contributed by atoms with van der Waals surface area (Å²) in [5.41, 5.74) is -0.844. The zero-order valence-electron chi connectivity index (χ0n) is 26.1. The maximum absolute atomic E-state index is 15.8. The van der Waals surface area contributed by atoms with E-state index in [2.05, 4.69) is 43.9 Å². The van der Waals surface area contributed by atoms with Gasteiger partial charge in [-0.05, 0) is 49.9 Å². The van der Waals surface area contributed by atoms with Gasteiger partial charge in [-0.2, -0.15) is 17.6 Å². The van der Waals surface area contributed by atoms with Crippen molar-refractivity contribution in [3.8, 4) is 11.3 Å².